The second-order valence-corrected chi connectivity index (χ2v) is 11.0. The molecule has 8 nitrogen and oxygen atoms in total. The summed E-state index contributed by atoms with van der Waals surface area (Å²) in [7, 11) is 0. The minimum atomic E-state index is -1.25. The molecule has 0 radical (unpaired) electrons. The number of nitrogens with zero attached hydrogens (tertiary/aromatic N) is 5. The van der Waals surface area contributed by atoms with Crippen molar-refractivity contribution in [1.82, 2.24) is 19.6 Å². The number of amides is 1. The van der Waals surface area contributed by atoms with Gasteiger partial charge in [0, 0.05) is 17.5 Å². The summed E-state index contributed by atoms with van der Waals surface area (Å²) in [5, 5.41) is 20.1. The topological polar surface area (TPSA) is 101 Å². The summed E-state index contributed by atoms with van der Waals surface area (Å²) >= 11 is 2.56. The number of halogens is 1. The summed E-state index contributed by atoms with van der Waals surface area (Å²) in [5.74, 6) is -2.30. The number of Topliss-reactive ketones (excluding diaryl/α,β-unsaturated/α-hetero) is 1. The summed E-state index contributed by atoms with van der Waals surface area (Å²) in [5.41, 5.74) is 2.16. The van der Waals surface area contributed by atoms with Crippen LogP contribution >= 0.6 is 23.1 Å². The fraction of sp³-hybridized carbons (Fsp3) is 0.107. The number of hydrogen-bond acceptors (Lipinski definition) is 8. The molecule has 2 aromatic carbocycles. The molecular formula is C28H20FN5O3S2. The molecule has 0 bridgehead atoms. The standard InChI is InChI=1S/C28H20FN5O3S2/c1-16-22(33-14-8-7-13-20(33)30-16)24(35)21-23(18-11-5-6-12-19(18)29)34(26(37)25(21)36)27-31-32-28(39-27)38-15-17-9-3-2-4-10-17/h2-14,23,35H,15H2,1H3. The minimum absolute atomic E-state index is 0.0541. The first-order chi connectivity index (χ1) is 18.9. The third-order valence-corrected chi connectivity index (χ3v) is 8.51. The Bertz CT molecular complexity index is 1770. The van der Waals surface area contributed by atoms with Crippen molar-refractivity contribution >= 4 is 51.3 Å². The van der Waals surface area contributed by atoms with Gasteiger partial charge in [-0.3, -0.25) is 18.9 Å². The minimum Gasteiger partial charge on any atom is -0.505 e. The average Bonchev–Trinajstić information content (AvgIpc) is 3.62. The van der Waals surface area contributed by atoms with E-state index in [1.54, 1.807) is 41.8 Å². The molecule has 5 aromatic rings. The van der Waals surface area contributed by atoms with Crippen LogP contribution in [0.2, 0.25) is 0 Å². The lowest BCUT2D eigenvalue weighted by molar-refractivity contribution is -0.132. The van der Waals surface area contributed by atoms with E-state index in [-0.39, 0.29) is 22.0 Å². The molecule has 11 heteroatoms. The molecule has 194 valence electrons. The number of carbonyl (C=O) groups excluding carboxylic acids is 2. The SMILES string of the molecule is Cc1nc2ccccn2c1C(O)=C1C(=O)C(=O)N(c2nnc(SCc3ccccc3)s2)C1c1ccccc1F. The molecule has 0 aliphatic carbocycles. The summed E-state index contributed by atoms with van der Waals surface area (Å²) in [4.78, 5) is 32.5. The smallest absolute Gasteiger partial charge is 0.301 e. The van der Waals surface area contributed by atoms with Crippen molar-refractivity contribution in [3.63, 3.8) is 0 Å². The number of hydrogen-bond donors (Lipinski definition) is 1. The van der Waals surface area contributed by atoms with Crippen LogP contribution < -0.4 is 4.90 Å². The quantitative estimate of drug-likeness (QED) is 0.0960. The Morgan fingerprint density at radius 1 is 1.03 bits per heavy atom. The molecule has 39 heavy (non-hydrogen) atoms. The molecule has 1 amide bonds. The van der Waals surface area contributed by atoms with E-state index in [1.165, 1.54) is 30.0 Å². The van der Waals surface area contributed by atoms with Crippen molar-refractivity contribution in [3.8, 4) is 0 Å². The predicted octanol–water partition coefficient (Wildman–Crippen LogP) is 5.55. The van der Waals surface area contributed by atoms with Crippen molar-refractivity contribution < 1.29 is 19.1 Å². The van der Waals surface area contributed by atoms with Crippen LogP contribution in [0.1, 0.15) is 28.6 Å². The van der Waals surface area contributed by atoms with Crippen LogP contribution in [0.15, 0.2) is 88.9 Å². The summed E-state index contributed by atoms with van der Waals surface area (Å²) in [6, 6.07) is 19.7. The van der Waals surface area contributed by atoms with E-state index in [9.17, 15) is 14.7 Å². The number of fused-ring (bicyclic) bond motifs is 1. The van der Waals surface area contributed by atoms with E-state index in [1.807, 2.05) is 30.3 Å². The molecule has 1 atom stereocenters. The maximum absolute atomic E-state index is 15.2. The molecule has 3 aromatic heterocycles. The summed E-state index contributed by atoms with van der Waals surface area (Å²) in [6.07, 6.45) is 1.69. The first-order valence-corrected chi connectivity index (χ1v) is 13.7. The number of aromatic nitrogens is 4. The largest absolute Gasteiger partial charge is 0.505 e. The van der Waals surface area contributed by atoms with Gasteiger partial charge in [-0.25, -0.2) is 9.37 Å². The highest BCUT2D eigenvalue weighted by Crippen LogP contribution is 2.45. The van der Waals surface area contributed by atoms with E-state index in [0.29, 0.717) is 21.4 Å². The number of pyridine rings is 1. The molecule has 1 aliphatic rings. The zero-order valence-corrected chi connectivity index (χ0v) is 22.1. The maximum Gasteiger partial charge on any atom is 0.301 e. The highest BCUT2D eigenvalue weighted by molar-refractivity contribution is 8.00. The van der Waals surface area contributed by atoms with E-state index in [0.717, 1.165) is 21.8 Å². The Morgan fingerprint density at radius 2 is 1.77 bits per heavy atom. The number of aliphatic hydroxyl groups is 1. The van der Waals surface area contributed by atoms with Crippen molar-refractivity contribution in [2.24, 2.45) is 0 Å². The average molecular weight is 558 g/mol. The molecular weight excluding hydrogens is 537 g/mol. The highest BCUT2D eigenvalue weighted by Gasteiger charge is 2.49. The van der Waals surface area contributed by atoms with Crippen molar-refractivity contribution in [2.45, 2.75) is 23.1 Å². The van der Waals surface area contributed by atoms with Gasteiger partial charge in [0.15, 0.2) is 10.1 Å². The van der Waals surface area contributed by atoms with E-state index < -0.39 is 29.3 Å². The number of imidazole rings is 1. The molecule has 1 unspecified atom stereocenters. The van der Waals surface area contributed by atoms with Crippen LogP contribution in [0.3, 0.4) is 0 Å². The van der Waals surface area contributed by atoms with Gasteiger partial charge in [-0.15, -0.1) is 10.2 Å². The number of ketones is 1. The van der Waals surface area contributed by atoms with Gasteiger partial charge in [-0.2, -0.15) is 0 Å². The molecule has 6 rings (SSSR count). The number of benzene rings is 2. The molecule has 4 heterocycles. The normalized spacial score (nSPS) is 16.9. The molecule has 1 N–H and O–H groups in total. The van der Waals surface area contributed by atoms with Crippen molar-refractivity contribution in [3.05, 3.63) is 113 Å². The van der Waals surface area contributed by atoms with Crippen molar-refractivity contribution in [2.75, 3.05) is 4.90 Å². The number of rotatable bonds is 6. The lowest BCUT2D eigenvalue weighted by atomic mass is 9.96. The second kappa shape index (κ2) is 10.1. The molecule has 0 spiro atoms. The van der Waals surface area contributed by atoms with Gasteiger partial charge < -0.3 is 5.11 Å². The Labute approximate surface area is 230 Å². The monoisotopic (exact) mass is 557 g/mol. The number of anilines is 1. The van der Waals surface area contributed by atoms with Gasteiger partial charge in [-0.05, 0) is 30.7 Å². The Kier molecular flexibility index (Phi) is 6.45. The number of carbonyl (C=O) groups is 2. The molecule has 1 saturated heterocycles. The van der Waals surface area contributed by atoms with Gasteiger partial charge in [-0.1, -0.05) is 77.7 Å². The van der Waals surface area contributed by atoms with Crippen LogP contribution in [0, 0.1) is 12.7 Å². The Morgan fingerprint density at radius 3 is 2.56 bits per heavy atom. The number of aliphatic hydroxyl groups excluding tert-OH is 1. The van der Waals surface area contributed by atoms with Gasteiger partial charge in [0.05, 0.1) is 11.3 Å². The number of thioether (sulfide) groups is 1. The van der Waals surface area contributed by atoms with Gasteiger partial charge in [0.1, 0.15) is 23.2 Å². The summed E-state index contributed by atoms with van der Waals surface area (Å²) < 4.78 is 17.4. The maximum atomic E-state index is 15.2. The highest BCUT2D eigenvalue weighted by atomic mass is 32.2. The van der Waals surface area contributed by atoms with Gasteiger partial charge in [0.25, 0.3) is 5.78 Å². The first kappa shape index (κ1) is 25.0. The van der Waals surface area contributed by atoms with E-state index in [4.69, 9.17) is 0 Å². The summed E-state index contributed by atoms with van der Waals surface area (Å²) in [6.45, 7) is 1.69. The molecule has 0 saturated carbocycles. The van der Waals surface area contributed by atoms with E-state index >= 15 is 4.39 Å². The lowest BCUT2D eigenvalue weighted by Gasteiger charge is -2.22. The lowest BCUT2D eigenvalue weighted by Crippen LogP contribution is -2.29. The van der Waals surface area contributed by atoms with Crippen LogP contribution in [0.5, 0.6) is 0 Å². The fourth-order valence-corrected chi connectivity index (χ4v) is 6.45. The van der Waals surface area contributed by atoms with Crippen molar-refractivity contribution in [1.29, 1.82) is 0 Å². The number of aryl methyl sites for hydroxylation is 1. The van der Waals surface area contributed by atoms with Crippen LogP contribution in [-0.4, -0.2) is 36.4 Å². The molecule has 1 fully saturated rings. The van der Waals surface area contributed by atoms with Gasteiger partial charge in [0.2, 0.25) is 5.13 Å². The Balaban J connectivity index is 1.46. The van der Waals surface area contributed by atoms with Crippen LogP contribution in [0.4, 0.5) is 9.52 Å². The van der Waals surface area contributed by atoms with Crippen LogP contribution in [-0.2, 0) is 15.3 Å². The third kappa shape index (κ3) is 4.39. The van der Waals surface area contributed by atoms with Crippen LogP contribution in [0.25, 0.3) is 11.4 Å². The zero-order valence-electron chi connectivity index (χ0n) is 20.5. The van der Waals surface area contributed by atoms with Gasteiger partial charge >= 0.3 is 5.91 Å². The predicted molar refractivity (Wildman–Crippen MR) is 147 cm³/mol. The molecule has 1 aliphatic heterocycles. The second-order valence-electron chi connectivity index (χ2n) is 8.79. The fourth-order valence-electron chi connectivity index (χ4n) is 4.62. The Hall–Kier alpha value is -4.35. The van der Waals surface area contributed by atoms with E-state index in [2.05, 4.69) is 15.2 Å². The third-order valence-electron chi connectivity index (χ3n) is 6.38. The zero-order chi connectivity index (χ0) is 27.1. The first-order valence-electron chi connectivity index (χ1n) is 11.9.